The van der Waals surface area contributed by atoms with E-state index in [9.17, 15) is 4.79 Å². The summed E-state index contributed by atoms with van der Waals surface area (Å²) >= 11 is 0. The van der Waals surface area contributed by atoms with Crippen LogP contribution in [0.5, 0.6) is 0 Å². The van der Waals surface area contributed by atoms with Gasteiger partial charge in [0.05, 0.1) is 0 Å². The zero-order valence-corrected chi connectivity index (χ0v) is 9.42. The van der Waals surface area contributed by atoms with Gasteiger partial charge in [-0.1, -0.05) is 30.3 Å². The number of nitriles is 1. The summed E-state index contributed by atoms with van der Waals surface area (Å²) < 4.78 is 0. The minimum atomic E-state index is -0.677. The monoisotopic (exact) mass is 238 g/mol. The second kappa shape index (κ2) is 4.55. The molecule has 0 fully saturated rings. The van der Waals surface area contributed by atoms with Crippen molar-refractivity contribution in [2.24, 2.45) is 5.73 Å². The number of nitrogen functional groups attached to an aromatic ring is 1. The van der Waals surface area contributed by atoms with Crippen LogP contribution in [-0.4, -0.2) is 10.9 Å². The first-order valence-corrected chi connectivity index (χ1v) is 5.19. The first-order chi connectivity index (χ1) is 8.63. The minimum Gasteiger partial charge on any atom is -0.383 e. The van der Waals surface area contributed by atoms with E-state index in [1.165, 1.54) is 6.07 Å². The summed E-state index contributed by atoms with van der Waals surface area (Å²) in [6, 6.07) is 12.6. The lowest BCUT2D eigenvalue weighted by molar-refractivity contribution is 0.0996. The molecule has 5 nitrogen and oxygen atoms in total. The standard InChI is InChI=1S/C13H10N4O/c14-7-10-9(8-4-2-1-3-5-8)6-11(13(16)18)17-12(10)15/h1-6H,(H2,15,17)(H2,16,18). The maximum Gasteiger partial charge on any atom is 0.267 e. The third kappa shape index (κ3) is 1.99. The van der Waals surface area contributed by atoms with Crippen molar-refractivity contribution in [3.05, 3.63) is 47.7 Å². The molecule has 0 spiro atoms. The zero-order valence-electron chi connectivity index (χ0n) is 9.42. The number of carbonyl (C=O) groups excluding carboxylic acids is 1. The molecule has 0 saturated carbocycles. The summed E-state index contributed by atoms with van der Waals surface area (Å²) in [5, 5.41) is 9.10. The lowest BCUT2D eigenvalue weighted by Crippen LogP contribution is -2.15. The van der Waals surface area contributed by atoms with E-state index in [0.717, 1.165) is 5.56 Å². The van der Waals surface area contributed by atoms with Crippen molar-refractivity contribution in [3.63, 3.8) is 0 Å². The Bertz CT molecular complexity index is 644. The van der Waals surface area contributed by atoms with Crippen LogP contribution in [0.4, 0.5) is 5.82 Å². The fourth-order valence-corrected chi connectivity index (χ4v) is 1.65. The van der Waals surface area contributed by atoms with Crippen LogP contribution in [0.15, 0.2) is 36.4 Å². The van der Waals surface area contributed by atoms with Crippen molar-refractivity contribution < 1.29 is 4.79 Å². The lowest BCUT2D eigenvalue weighted by atomic mass is 10.0. The van der Waals surface area contributed by atoms with Crippen LogP contribution in [0.3, 0.4) is 0 Å². The fourth-order valence-electron chi connectivity index (χ4n) is 1.65. The van der Waals surface area contributed by atoms with Gasteiger partial charge in [0, 0.05) is 5.56 Å². The van der Waals surface area contributed by atoms with Gasteiger partial charge >= 0.3 is 0 Å². The Labute approximate surface area is 104 Å². The Morgan fingerprint density at radius 3 is 2.50 bits per heavy atom. The summed E-state index contributed by atoms with van der Waals surface area (Å²) in [5.74, 6) is -0.670. The number of hydrogen-bond donors (Lipinski definition) is 2. The number of amides is 1. The molecule has 18 heavy (non-hydrogen) atoms. The van der Waals surface area contributed by atoms with Gasteiger partial charge in [-0.25, -0.2) is 4.98 Å². The molecule has 0 unspecified atom stereocenters. The largest absolute Gasteiger partial charge is 0.383 e. The average molecular weight is 238 g/mol. The molecule has 0 saturated heterocycles. The Kier molecular flexibility index (Phi) is 2.94. The molecular weight excluding hydrogens is 228 g/mol. The highest BCUT2D eigenvalue weighted by atomic mass is 16.1. The van der Waals surface area contributed by atoms with Crippen molar-refractivity contribution in [1.82, 2.24) is 4.98 Å². The SMILES string of the molecule is N#Cc1c(-c2ccccc2)cc(C(N)=O)nc1N. The van der Waals surface area contributed by atoms with Crippen LogP contribution in [0.1, 0.15) is 16.1 Å². The molecular formula is C13H10N4O. The van der Waals surface area contributed by atoms with Crippen molar-refractivity contribution in [2.45, 2.75) is 0 Å². The van der Waals surface area contributed by atoms with Crippen LogP contribution >= 0.6 is 0 Å². The number of carbonyl (C=O) groups is 1. The predicted molar refractivity (Wildman–Crippen MR) is 67.3 cm³/mol. The van der Waals surface area contributed by atoms with Crippen LogP contribution in [0.2, 0.25) is 0 Å². The van der Waals surface area contributed by atoms with Gasteiger partial charge in [-0.3, -0.25) is 4.79 Å². The maximum absolute atomic E-state index is 11.2. The zero-order chi connectivity index (χ0) is 13.1. The lowest BCUT2D eigenvalue weighted by Gasteiger charge is -2.08. The third-order valence-electron chi connectivity index (χ3n) is 2.50. The van der Waals surface area contributed by atoms with Gasteiger partial charge in [-0.05, 0) is 11.6 Å². The number of hydrogen-bond acceptors (Lipinski definition) is 4. The number of nitrogens with two attached hydrogens (primary N) is 2. The van der Waals surface area contributed by atoms with Gasteiger partial charge in [0.2, 0.25) is 0 Å². The topological polar surface area (TPSA) is 106 Å². The van der Waals surface area contributed by atoms with Gasteiger partial charge < -0.3 is 11.5 Å². The number of anilines is 1. The van der Waals surface area contributed by atoms with E-state index in [-0.39, 0.29) is 17.1 Å². The smallest absolute Gasteiger partial charge is 0.267 e. The van der Waals surface area contributed by atoms with Crippen molar-refractivity contribution in [3.8, 4) is 17.2 Å². The molecule has 1 aromatic heterocycles. The molecule has 0 aliphatic rings. The van der Waals surface area contributed by atoms with Gasteiger partial charge in [0.1, 0.15) is 23.1 Å². The molecule has 0 aliphatic carbocycles. The molecule has 2 rings (SSSR count). The first-order valence-electron chi connectivity index (χ1n) is 5.19. The molecule has 88 valence electrons. The number of rotatable bonds is 2. The highest BCUT2D eigenvalue weighted by molar-refractivity contribution is 5.93. The Morgan fingerprint density at radius 2 is 1.94 bits per heavy atom. The van der Waals surface area contributed by atoms with E-state index in [1.54, 1.807) is 0 Å². The second-order valence-corrected chi connectivity index (χ2v) is 3.66. The van der Waals surface area contributed by atoms with E-state index in [2.05, 4.69) is 4.98 Å². The Hall–Kier alpha value is -2.87. The van der Waals surface area contributed by atoms with E-state index in [1.807, 2.05) is 36.4 Å². The number of primary amides is 1. The summed E-state index contributed by atoms with van der Waals surface area (Å²) in [4.78, 5) is 15.0. The predicted octanol–water partition coefficient (Wildman–Crippen LogP) is 1.30. The molecule has 1 aromatic carbocycles. The second-order valence-electron chi connectivity index (χ2n) is 3.66. The number of pyridine rings is 1. The van der Waals surface area contributed by atoms with Crippen LogP contribution in [-0.2, 0) is 0 Å². The van der Waals surface area contributed by atoms with Crippen molar-refractivity contribution in [2.75, 3.05) is 5.73 Å². The molecule has 0 atom stereocenters. The summed E-state index contributed by atoms with van der Waals surface area (Å²) in [5.41, 5.74) is 12.5. The highest BCUT2D eigenvalue weighted by Gasteiger charge is 2.14. The molecule has 2 aromatic rings. The van der Waals surface area contributed by atoms with Gasteiger partial charge in [-0.15, -0.1) is 0 Å². The van der Waals surface area contributed by atoms with E-state index in [4.69, 9.17) is 16.7 Å². The number of benzene rings is 1. The minimum absolute atomic E-state index is 0.00709. The fraction of sp³-hybridized carbons (Fsp3) is 0. The van der Waals surface area contributed by atoms with Crippen LogP contribution in [0.25, 0.3) is 11.1 Å². The highest BCUT2D eigenvalue weighted by Crippen LogP contribution is 2.26. The van der Waals surface area contributed by atoms with Gasteiger partial charge in [0.25, 0.3) is 5.91 Å². The van der Waals surface area contributed by atoms with E-state index in [0.29, 0.717) is 5.56 Å². The van der Waals surface area contributed by atoms with Gasteiger partial charge in [0.15, 0.2) is 0 Å². The molecule has 4 N–H and O–H groups in total. The maximum atomic E-state index is 11.2. The number of aromatic nitrogens is 1. The quantitative estimate of drug-likeness (QED) is 0.822. The molecule has 0 radical (unpaired) electrons. The van der Waals surface area contributed by atoms with Gasteiger partial charge in [-0.2, -0.15) is 5.26 Å². The summed E-state index contributed by atoms with van der Waals surface area (Å²) in [6.07, 6.45) is 0. The molecule has 0 bridgehead atoms. The van der Waals surface area contributed by atoms with Crippen LogP contribution < -0.4 is 11.5 Å². The molecule has 1 heterocycles. The molecule has 1 amide bonds. The first kappa shape index (κ1) is 11.6. The normalized spacial score (nSPS) is 9.72. The summed E-state index contributed by atoms with van der Waals surface area (Å²) in [6.45, 7) is 0. The third-order valence-corrected chi connectivity index (χ3v) is 2.50. The Morgan fingerprint density at radius 1 is 1.28 bits per heavy atom. The van der Waals surface area contributed by atoms with E-state index >= 15 is 0 Å². The molecule has 0 aliphatic heterocycles. The van der Waals surface area contributed by atoms with Crippen molar-refractivity contribution >= 4 is 11.7 Å². The molecule has 5 heteroatoms. The van der Waals surface area contributed by atoms with Crippen LogP contribution in [0, 0.1) is 11.3 Å². The number of nitrogens with zero attached hydrogens (tertiary/aromatic N) is 2. The average Bonchev–Trinajstić information content (AvgIpc) is 2.38. The van der Waals surface area contributed by atoms with E-state index < -0.39 is 5.91 Å². The van der Waals surface area contributed by atoms with Crippen molar-refractivity contribution in [1.29, 1.82) is 5.26 Å². The summed E-state index contributed by atoms with van der Waals surface area (Å²) in [7, 11) is 0. The Balaban J connectivity index is 2.73.